The van der Waals surface area contributed by atoms with Crippen LogP contribution in [0.15, 0.2) is 30.3 Å². The van der Waals surface area contributed by atoms with E-state index in [9.17, 15) is 9.90 Å². The number of fused-ring (bicyclic) bond motifs is 3. The van der Waals surface area contributed by atoms with Gasteiger partial charge in [-0.05, 0) is 62.1 Å². The summed E-state index contributed by atoms with van der Waals surface area (Å²) >= 11 is 1.65. The zero-order chi connectivity index (χ0) is 20.5. The van der Waals surface area contributed by atoms with Gasteiger partial charge in [0.2, 0.25) is 11.8 Å². The summed E-state index contributed by atoms with van der Waals surface area (Å²) in [5.41, 5.74) is 2.03. The molecule has 1 saturated carbocycles. The van der Waals surface area contributed by atoms with Crippen LogP contribution in [-0.2, 0) is 11.2 Å². The molecule has 0 saturated heterocycles. The van der Waals surface area contributed by atoms with Crippen LogP contribution in [0.1, 0.15) is 61.3 Å². The number of aromatic nitrogens is 2. The van der Waals surface area contributed by atoms with Gasteiger partial charge in [-0.3, -0.25) is 4.79 Å². The SMILES string of the molecule is O=C(O)CC1CCc2sc3nc(Nc4ccccc4)nc(OC4CCCCC4)c3c21. The van der Waals surface area contributed by atoms with E-state index in [0.29, 0.717) is 11.8 Å². The van der Waals surface area contributed by atoms with Crippen molar-refractivity contribution in [2.24, 2.45) is 0 Å². The zero-order valence-electron chi connectivity index (χ0n) is 16.8. The molecule has 156 valence electrons. The van der Waals surface area contributed by atoms with E-state index in [0.717, 1.165) is 47.2 Å². The van der Waals surface area contributed by atoms with E-state index in [1.54, 1.807) is 11.3 Å². The highest BCUT2D eigenvalue weighted by molar-refractivity contribution is 7.19. The van der Waals surface area contributed by atoms with Crippen LogP contribution in [0.5, 0.6) is 5.88 Å². The lowest BCUT2D eigenvalue weighted by Gasteiger charge is -2.23. The lowest BCUT2D eigenvalue weighted by molar-refractivity contribution is -0.137. The van der Waals surface area contributed by atoms with Gasteiger partial charge >= 0.3 is 5.97 Å². The Hall–Kier alpha value is -2.67. The third kappa shape index (κ3) is 3.86. The van der Waals surface area contributed by atoms with Gasteiger partial charge in [0.15, 0.2) is 0 Å². The van der Waals surface area contributed by atoms with Crippen LogP contribution in [0.4, 0.5) is 11.6 Å². The Bertz CT molecular complexity index is 1060. The normalized spacial score (nSPS) is 19.0. The van der Waals surface area contributed by atoms with Crippen molar-refractivity contribution in [2.45, 2.75) is 63.4 Å². The van der Waals surface area contributed by atoms with E-state index in [1.807, 2.05) is 30.3 Å². The van der Waals surface area contributed by atoms with E-state index < -0.39 is 5.97 Å². The maximum absolute atomic E-state index is 11.4. The number of rotatable bonds is 6. The number of carboxylic acid groups (broad SMARTS) is 1. The highest BCUT2D eigenvalue weighted by Crippen LogP contribution is 2.48. The van der Waals surface area contributed by atoms with Gasteiger partial charge in [0.05, 0.1) is 11.8 Å². The number of hydrogen-bond acceptors (Lipinski definition) is 6. The predicted octanol–water partition coefficient (Wildman–Crippen LogP) is 5.65. The standard InChI is InChI=1S/C23H25N3O3S/c27-18(28)13-14-11-12-17-19(14)20-21(29-16-9-5-2-6-10-16)25-23(26-22(20)30-17)24-15-7-3-1-4-8-15/h1,3-4,7-8,14,16H,2,5-6,9-13H2,(H,27,28)(H,24,25,26). The number of para-hydroxylation sites is 1. The third-order valence-corrected chi connectivity index (χ3v) is 7.20. The predicted molar refractivity (Wildman–Crippen MR) is 118 cm³/mol. The van der Waals surface area contributed by atoms with Crippen LogP contribution < -0.4 is 10.1 Å². The fraction of sp³-hybridized carbons (Fsp3) is 0.435. The number of thiophene rings is 1. The Morgan fingerprint density at radius 1 is 1.13 bits per heavy atom. The second-order valence-corrected chi connectivity index (χ2v) is 9.26. The van der Waals surface area contributed by atoms with Crippen LogP contribution in [0, 0.1) is 0 Å². The number of hydrogen-bond donors (Lipinski definition) is 2. The number of aryl methyl sites for hydroxylation is 1. The van der Waals surface area contributed by atoms with Crippen molar-refractivity contribution >= 4 is 39.2 Å². The molecule has 2 heterocycles. The number of nitrogens with zero attached hydrogens (tertiary/aromatic N) is 2. The van der Waals surface area contributed by atoms with Gasteiger partial charge in [-0.25, -0.2) is 4.98 Å². The summed E-state index contributed by atoms with van der Waals surface area (Å²) in [6.07, 6.45) is 7.77. The summed E-state index contributed by atoms with van der Waals surface area (Å²) < 4.78 is 6.45. The molecule has 1 unspecified atom stereocenters. The molecule has 2 aliphatic rings. The van der Waals surface area contributed by atoms with Gasteiger partial charge in [0, 0.05) is 10.6 Å². The first kappa shape index (κ1) is 19.3. The van der Waals surface area contributed by atoms with Crippen molar-refractivity contribution in [1.29, 1.82) is 0 Å². The topological polar surface area (TPSA) is 84.3 Å². The molecule has 2 aliphatic carbocycles. The Kier molecular flexibility index (Phi) is 5.29. The van der Waals surface area contributed by atoms with Crippen molar-refractivity contribution in [2.75, 3.05) is 5.32 Å². The van der Waals surface area contributed by atoms with Crippen LogP contribution in [-0.4, -0.2) is 27.1 Å². The quantitative estimate of drug-likeness (QED) is 0.533. The van der Waals surface area contributed by atoms with Crippen molar-refractivity contribution in [3.05, 3.63) is 40.8 Å². The Morgan fingerprint density at radius 3 is 2.70 bits per heavy atom. The third-order valence-electron chi connectivity index (χ3n) is 6.04. The van der Waals surface area contributed by atoms with Gasteiger partial charge in [-0.15, -0.1) is 11.3 Å². The number of ether oxygens (including phenoxy) is 1. The molecular weight excluding hydrogens is 398 g/mol. The minimum absolute atomic E-state index is 0.0106. The Labute approximate surface area is 179 Å². The van der Waals surface area contributed by atoms with Crippen LogP contribution in [0.25, 0.3) is 10.2 Å². The number of benzene rings is 1. The zero-order valence-corrected chi connectivity index (χ0v) is 17.6. The summed E-state index contributed by atoms with van der Waals surface area (Å²) in [4.78, 5) is 23.1. The van der Waals surface area contributed by atoms with Crippen molar-refractivity contribution in [1.82, 2.24) is 9.97 Å². The highest BCUT2D eigenvalue weighted by atomic mass is 32.1. The second kappa shape index (κ2) is 8.22. The molecule has 1 atom stereocenters. The maximum atomic E-state index is 11.4. The lowest BCUT2D eigenvalue weighted by atomic mass is 9.97. The molecule has 2 aromatic heterocycles. The molecule has 1 aromatic carbocycles. The largest absolute Gasteiger partial charge is 0.481 e. The van der Waals surface area contributed by atoms with E-state index in [1.165, 1.54) is 24.1 Å². The van der Waals surface area contributed by atoms with Crippen molar-refractivity contribution < 1.29 is 14.6 Å². The summed E-state index contributed by atoms with van der Waals surface area (Å²) in [6, 6.07) is 9.87. The van der Waals surface area contributed by atoms with Crippen LogP contribution >= 0.6 is 11.3 Å². The van der Waals surface area contributed by atoms with E-state index in [4.69, 9.17) is 14.7 Å². The molecule has 6 nitrogen and oxygen atoms in total. The average molecular weight is 424 g/mol. The minimum atomic E-state index is -0.759. The molecule has 5 rings (SSSR count). The van der Waals surface area contributed by atoms with Crippen molar-refractivity contribution in [3.8, 4) is 5.88 Å². The number of aliphatic carboxylic acids is 1. The molecule has 3 aromatic rings. The minimum Gasteiger partial charge on any atom is -0.481 e. The van der Waals surface area contributed by atoms with Crippen LogP contribution in [0.3, 0.4) is 0 Å². The first-order chi connectivity index (χ1) is 14.7. The summed E-state index contributed by atoms with van der Waals surface area (Å²) in [6.45, 7) is 0. The molecule has 7 heteroatoms. The van der Waals surface area contributed by atoms with Gasteiger partial charge < -0.3 is 15.2 Å². The van der Waals surface area contributed by atoms with Crippen molar-refractivity contribution in [3.63, 3.8) is 0 Å². The van der Waals surface area contributed by atoms with E-state index in [2.05, 4.69) is 5.32 Å². The fourth-order valence-electron chi connectivity index (χ4n) is 4.65. The number of anilines is 2. The molecule has 2 N–H and O–H groups in total. The maximum Gasteiger partial charge on any atom is 0.303 e. The number of carbonyl (C=O) groups is 1. The molecule has 0 radical (unpaired) electrons. The molecule has 0 aliphatic heterocycles. The monoisotopic (exact) mass is 423 g/mol. The highest BCUT2D eigenvalue weighted by Gasteiger charge is 2.32. The smallest absolute Gasteiger partial charge is 0.303 e. The van der Waals surface area contributed by atoms with Gasteiger partial charge in [-0.2, -0.15) is 4.98 Å². The first-order valence-electron chi connectivity index (χ1n) is 10.7. The Balaban J connectivity index is 1.57. The first-order valence-corrected chi connectivity index (χ1v) is 11.5. The fourth-order valence-corrected chi connectivity index (χ4v) is 5.91. The van der Waals surface area contributed by atoms with Gasteiger partial charge in [0.25, 0.3) is 0 Å². The Morgan fingerprint density at radius 2 is 1.93 bits per heavy atom. The molecule has 1 fully saturated rings. The van der Waals surface area contributed by atoms with E-state index in [-0.39, 0.29) is 18.4 Å². The molecule has 0 amide bonds. The summed E-state index contributed by atoms with van der Waals surface area (Å²) in [5, 5.41) is 13.6. The second-order valence-electron chi connectivity index (χ2n) is 8.17. The molecule has 0 bridgehead atoms. The van der Waals surface area contributed by atoms with Crippen LogP contribution in [0.2, 0.25) is 0 Å². The lowest BCUT2D eigenvalue weighted by Crippen LogP contribution is -2.20. The van der Waals surface area contributed by atoms with E-state index >= 15 is 0 Å². The molecule has 0 spiro atoms. The number of nitrogens with one attached hydrogen (secondary N) is 1. The van der Waals surface area contributed by atoms with Gasteiger partial charge in [0.1, 0.15) is 10.9 Å². The average Bonchev–Trinajstić information content (AvgIpc) is 3.29. The van der Waals surface area contributed by atoms with Gasteiger partial charge in [-0.1, -0.05) is 24.6 Å². The number of carboxylic acids is 1. The molecular formula is C23H25N3O3S. The summed E-state index contributed by atoms with van der Waals surface area (Å²) in [7, 11) is 0. The summed E-state index contributed by atoms with van der Waals surface area (Å²) in [5.74, 6) is 0.385. The molecule has 30 heavy (non-hydrogen) atoms.